The molecule has 0 bridgehead atoms. The van der Waals surface area contributed by atoms with E-state index in [1.807, 2.05) is 6.92 Å². The number of nitrogens with one attached hydrogen (secondary N) is 1. The van der Waals surface area contributed by atoms with E-state index in [-0.39, 0.29) is 18.1 Å². The van der Waals surface area contributed by atoms with Crippen molar-refractivity contribution in [1.29, 1.82) is 0 Å². The van der Waals surface area contributed by atoms with Crippen molar-refractivity contribution < 1.29 is 22.7 Å². The molecule has 2 rings (SSSR count). The van der Waals surface area contributed by atoms with Gasteiger partial charge in [0.1, 0.15) is 18.3 Å². The molecule has 0 aliphatic rings. The molecule has 0 spiro atoms. The molecule has 186 valence electrons. The summed E-state index contributed by atoms with van der Waals surface area (Å²) in [7, 11) is -2.24. The predicted molar refractivity (Wildman–Crippen MR) is 135 cm³/mol. The van der Waals surface area contributed by atoms with E-state index in [1.54, 1.807) is 56.5 Å². The molecule has 2 amide bonds. The van der Waals surface area contributed by atoms with Crippen LogP contribution in [0.3, 0.4) is 0 Å². The smallest absolute Gasteiger partial charge is 0.244 e. The van der Waals surface area contributed by atoms with Crippen LogP contribution >= 0.6 is 11.6 Å². The highest BCUT2D eigenvalue weighted by Gasteiger charge is 2.30. The average molecular weight is 510 g/mol. The Hall–Kier alpha value is -2.78. The molecule has 1 atom stereocenters. The maximum absolute atomic E-state index is 13.4. The third-order valence-corrected chi connectivity index (χ3v) is 6.66. The first-order valence-corrected chi connectivity index (χ1v) is 13.2. The molecule has 0 fully saturated rings. The van der Waals surface area contributed by atoms with Crippen molar-refractivity contribution in [1.82, 2.24) is 10.2 Å². The van der Waals surface area contributed by atoms with Crippen LogP contribution in [0.25, 0.3) is 0 Å². The molecular weight excluding hydrogens is 478 g/mol. The van der Waals surface area contributed by atoms with Gasteiger partial charge in [0.25, 0.3) is 0 Å². The van der Waals surface area contributed by atoms with E-state index in [4.69, 9.17) is 16.3 Å². The fraction of sp³-hybridized carbons (Fsp3) is 0.417. The van der Waals surface area contributed by atoms with Gasteiger partial charge >= 0.3 is 0 Å². The fourth-order valence-corrected chi connectivity index (χ4v) is 4.32. The number of unbranched alkanes of at least 4 members (excludes halogenated alkanes) is 1. The van der Waals surface area contributed by atoms with Gasteiger partial charge in [-0.1, -0.05) is 43.1 Å². The number of amides is 2. The first-order valence-electron chi connectivity index (χ1n) is 11.0. The van der Waals surface area contributed by atoms with Crippen molar-refractivity contribution in [3.63, 3.8) is 0 Å². The van der Waals surface area contributed by atoms with E-state index < -0.39 is 28.5 Å². The summed E-state index contributed by atoms with van der Waals surface area (Å²) < 4.78 is 31.2. The SMILES string of the molecule is CCCCNC(=O)[C@@H](C)N(Cc1ccc(OC)cc1)C(=O)CN(c1cccc(Cl)c1)S(C)(=O)=O. The largest absolute Gasteiger partial charge is 0.497 e. The molecule has 0 heterocycles. The number of rotatable bonds is 12. The van der Waals surface area contributed by atoms with Gasteiger partial charge in [-0.25, -0.2) is 8.42 Å². The quantitative estimate of drug-likeness (QED) is 0.442. The summed E-state index contributed by atoms with van der Waals surface area (Å²) in [5.41, 5.74) is 1.05. The van der Waals surface area contributed by atoms with Gasteiger partial charge < -0.3 is 15.0 Å². The molecule has 0 aliphatic carbocycles. The topological polar surface area (TPSA) is 96.0 Å². The number of carbonyl (C=O) groups is 2. The van der Waals surface area contributed by atoms with Crippen molar-refractivity contribution in [2.45, 2.75) is 39.3 Å². The van der Waals surface area contributed by atoms with Gasteiger partial charge in [-0.05, 0) is 49.2 Å². The van der Waals surface area contributed by atoms with Crippen LogP contribution in [-0.2, 0) is 26.2 Å². The molecule has 0 radical (unpaired) electrons. The van der Waals surface area contributed by atoms with Crippen LogP contribution in [0.4, 0.5) is 5.69 Å². The maximum Gasteiger partial charge on any atom is 0.244 e. The zero-order chi connectivity index (χ0) is 25.3. The van der Waals surface area contributed by atoms with Gasteiger partial charge in [0.2, 0.25) is 21.8 Å². The zero-order valence-electron chi connectivity index (χ0n) is 20.0. The van der Waals surface area contributed by atoms with Crippen LogP contribution in [0.1, 0.15) is 32.3 Å². The Morgan fingerprint density at radius 1 is 1.15 bits per heavy atom. The van der Waals surface area contributed by atoms with E-state index in [2.05, 4.69) is 5.32 Å². The first kappa shape index (κ1) is 27.5. The lowest BCUT2D eigenvalue weighted by molar-refractivity contribution is -0.139. The second-order valence-electron chi connectivity index (χ2n) is 7.94. The predicted octanol–water partition coefficient (Wildman–Crippen LogP) is 3.45. The molecule has 0 aliphatic heterocycles. The number of halogens is 1. The second kappa shape index (κ2) is 12.6. The standard InChI is InChI=1S/C24H32ClN3O5S/c1-5-6-14-26-24(30)18(2)27(16-19-10-12-22(33-3)13-11-19)23(29)17-28(34(4,31)32)21-9-7-8-20(25)15-21/h7-13,15,18H,5-6,14,16-17H2,1-4H3,(H,26,30)/t18-/m1/s1. The number of hydrogen-bond acceptors (Lipinski definition) is 5. The van der Waals surface area contributed by atoms with Gasteiger partial charge in [0, 0.05) is 18.1 Å². The van der Waals surface area contributed by atoms with Crippen LogP contribution in [-0.4, -0.2) is 57.6 Å². The van der Waals surface area contributed by atoms with Crippen LogP contribution in [0.15, 0.2) is 48.5 Å². The summed E-state index contributed by atoms with van der Waals surface area (Å²) in [6, 6.07) is 12.6. The number of sulfonamides is 1. The number of ether oxygens (including phenoxy) is 1. The highest BCUT2D eigenvalue weighted by Crippen LogP contribution is 2.23. The molecule has 2 aromatic rings. The molecule has 34 heavy (non-hydrogen) atoms. The van der Waals surface area contributed by atoms with Gasteiger partial charge in [-0.2, -0.15) is 0 Å². The molecule has 0 unspecified atom stereocenters. The maximum atomic E-state index is 13.4. The van der Waals surface area contributed by atoms with Crippen molar-refractivity contribution in [2.24, 2.45) is 0 Å². The van der Waals surface area contributed by atoms with Crippen molar-refractivity contribution in [3.05, 3.63) is 59.1 Å². The summed E-state index contributed by atoms with van der Waals surface area (Å²) in [6.07, 6.45) is 2.77. The molecule has 0 saturated heterocycles. The Bertz CT molecular complexity index is 1080. The molecule has 0 saturated carbocycles. The minimum atomic E-state index is -3.80. The number of hydrogen-bond donors (Lipinski definition) is 1. The van der Waals surface area contributed by atoms with Crippen LogP contribution in [0.2, 0.25) is 5.02 Å². The summed E-state index contributed by atoms with van der Waals surface area (Å²) in [6.45, 7) is 3.81. The summed E-state index contributed by atoms with van der Waals surface area (Å²) in [5, 5.41) is 3.19. The van der Waals surface area contributed by atoms with Crippen molar-refractivity contribution >= 4 is 39.1 Å². The van der Waals surface area contributed by atoms with Crippen molar-refractivity contribution in [3.8, 4) is 5.75 Å². The Morgan fingerprint density at radius 2 is 1.82 bits per heavy atom. The van der Waals surface area contributed by atoms with E-state index in [9.17, 15) is 18.0 Å². The first-order chi connectivity index (χ1) is 16.1. The lowest BCUT2D eigenvalue weighted by Gasteiger charge is -2.31. The molecule has 0 aromatic heterocycles. The molecule has 8 nitrogen and oxygen atoms in total. The van der Waals surface area contributed by atoms with Gasteiger partial charge in [-0.15, -0.1) is 0 Å². The minimum absolute atomic E-state index is 0.123. The summed E-state index contributed by atoms with van der Waals surface area (Å²) in [5.74, 6) is -0.153. The third kappa shape index (κ3) is 7.92. The lowest BCUT2D eigenvalue weighted by Crippen LogP contribution is -2.51. The summed E-state index contributed by atoms with van der Waals surface area (Å²) >= 11 is 6.04. The highest BCUT2D eigenvalue weighted by atomic mass is 35.5. The van der Waals surface area contributed by atoms with Gasteiger partial charge in [0.05, 0.1) is 19.1 Å². The normalized spacial score (nSPS) is 12.0. The zero-order valence-corrected chi connectivity index (χ0v) is 21.5. The Morgan fingerprint density at radius 3 is 2.38 bits per heavy atom. The average Bonchev–Trinajstić information content (AvgIpc) is 2.80. The van der Waals surface area contributed by atoms with E-state index in [0.29, 0.717) is 17.3 Å². The number of anilines is 1. The Kier molecular flexibility index (Phi) is 10.2. The fourth-order valence-electron chi connectivity index (χ4n) is 3.29. The summed E-state index contributed by atoms with van der Waals surface area (Å²) in [4.78, 5) is 27.6. The van der Waals surface area contributed by atoms with Crippen LogP contribution in [0, 0.1) is 0 Å². The van der Waals surface area contributed by atoms with Crippen molar-refractivity contribution in [2.75, 3.05) is 30.8 Å². The third-order valence-electron chi connectivity index (χ3n) is 5.28. The van der Waals surface area contributed by atoms with Gasteiger partial charge in [-0.3, -0.25) is 13.9 Å². The molecule has 2 aromatic carbocycles. The van der Waals surface area contributed by atoms with E-state index in [0.717, 1.165) is 29.0 Å². The van der Waals surface area contributed by atoms with Crippen LogP contribution in [0.5, 0.6) is 5.75 Å². The molecular formula is C24H32ClN3O5S. The second-order valence-corrected chi connectivity index (χ2v) is 10.3. The molecule has 1 N–H and O–H groups in total. The minimum Gasteiger partial charge on any atom is -0.497 e. The highest BCUT2D eigenvalue weighted by molar-refractivity contribution is 7.92. The number of methoxy groups -OCH3 is 1. The molecule has 10 heteroatoms. The number of benzene rings is 2. The van der Waals surface area contributed by atoms with E-state index >= 15 is 0 Å². The Labute approximate surface area is 206 Å². The Balaban J connectivity index is 2.34. The van der Waals surface area contributed by atoms with E-state index in [1.165, 1.54) is 11.0 Å². The lowest BCUT2D eigenvalue weighted by atomic mass is 10.1. The van der Waals surface area contributed by atoms with Gasteiger partial charge in [0.15, 0.2) is 0 Å². The van der Waals surface area contributed by atoms with Crippen LogP contribution < -0.4 is 14.4 Å². The number of nitrogens with zero attached hydrogens (tertiary/aromatic N) is 2. The monoisotopic (exact) mass is 509 g/mol. The number of carbonyl (C=O) groups excluding carboxylic acids is 2.